The summed E-state index contributed by atoms with van der Waals surface area (Å²) in [6.45, 7) is 7.23. The number of carbonyl (C=O) groups excluding carboxylic acids is 1. The summed E-state index contributed by atoms with van der Waals surface area (Å²) in [4.78, 5) is 27.3. The molecule has 0 fully saturated rings. The van der Waals surface area contributed by atoms with Gasteiger partial charge in [0, 0.05) is 12.4 Å². The van der Waals surface area contributed by atoms with Crippen molar-refractivity contribution in [1.29, 1.82) is 0 Å². The molecule has 0 saturated heterocycles. The molecule has 122 valence electrons. The van der Waals surface area contributed by atoms with Gasteiger partial charge < -0.3 is 9.84 Å². The summed E-state index contributed by atoms with van der Waals surface area (Å²) in [5.74, 6) is -1.96. The Morgan fingerprint density at radius 1 is 1.32 bits per heavy atom. The van der Waals surface area contributed by atoms with Crippen LogP contribution in [-0.4, -0.2) is 27.6 Å². The fraction of sp³-hybridized carbons (Fsp3) is 0.588. The predicted octanol–water partition coefficient (Wildman–Crippen LogP) is 3.08. The predicted molar refractivity (Wildman–Crippen MR) is 83.3 cm³/mol. The normalized spacial score (nSPS) is 14.2. The lowest BCUT2D eigenvalue weighted by Crippen LogP contribution is -2.28. The Kier molecular flexibility index (Phi) is 6.53. The zero-order chi connectivity index (χ0) is 16.8. The second kappa shape index (κ2) is 7.92. The van der Waals surface area contributed by atoms with Gasteiger partial charge in [-0.3, -0.25) is 14.6 Å². The molecule has 5 heteroatoms. The van der Waals surface area contributed by atoms with Gasteiger partial charge >= 0.3 is 11.9 Å². The van der Waals surface area contributed by atoms with Crippen LogP contribution in [0, 0.1) is 11.8 Å². The summed E-state index contributed by atoms with van der Waals surface area (Å²) >= 11 is 0. The Morgan fingerprint density at radius 3 is 2.50 bits per heavy atom. The molecule has 5 nitrogen and oxygen atoms in total. The van der Waals surface area contributed by atoms with E-state index in [-0.39, 0.29) is 11.9 Å². The van der Waals surface area contributed by atoms with Crippen molar-refractivity contribution < 1.29 is 19.4 Å². The molecule has 0 saturated carbocycles. The van der Waals surface area contributed by atoms with Gasteiger partial charge in [0.2, 0.25) is 0 Å². The number of nitrogens with zero attached hydrogens (tertiary/aromatic N) is 1. The fourth-order valence-electron chi connectivity index (χ4n) is 2.09. The van der Waals surface area contributed by atoms with Crippen LogP contribution in [-0.2, 0) is 20.7 Å². The van der Waals surface area contributed by atoms with Gasteiger partial charge in [-0.05, 0) is 51.7 Å². The van der Waals surface area contributed by atoms with Crippen molar-refractivity contribution in [2.24, 2.45) is 11.8 Å². The molecule has 0 aliphatic heterocycles. The van der Waals surface area contributed by atoms with E-state index < -0.39 is 17.5 Å². The van der Waals surface area contributed by atoms with E-state index >= 15 is 0 Å². The van der Waals surface area contributed by atoms with Crippen molar-refractivity contribution in [3.05, 3.63) is 30.1 Å². The standard InChI is InChI=1S/C17H25NO4/c1-12(16(21)22-17(2,3)4)7-8-14(15(19)20)10-13-6-5-9-18-11-13/h5-6,9,11-12,14H,7-8,10H2,1-4H3,(H,19,20)/t12?,14-/m0/s1. The third kappa shape index (κ3) is 6.70. The zero-order valence-electron chi connectivity index (χ0n) is 13.7. The Morgan fingerprint density at radius 2 is 2.00 bits per heavy atom. The van der Waals surface area contributed by atoms with E-state index in [0.717, 1.165) is 5.56 Å². The number of hydrogen-bond donors (Lipinski definition) is 1. The van der Waals surface area contributed by atoms with E-state index in [1.165, 1.54) is 0 Å². The lowest BCUT2D eigenvalue weighted by molar-refractivity contribution is -0.160. The number of ether oxygens (including phenoxy) is 1. The van der Waals surface area contributed by atoms with E-state index in [9.17, 15) is 14.7 Å². The third-order valence-electron chi connectivity index (χ3n) is 3.31. The van der Waals surface area contributed by atoms with Crippen LogP contribution in [0.25, 0.3) is 0 Å². The number of carboxylic acids is 1. The molecule has 2 atom stereocenters. The van der Waals surface area contributed by atoms with Gasteiger partial charge in [-0.1, -0.05) is 13.0 Å². The number of aliphatic carboxylic acids is 1. The molecule has 0 spiro atoms. The lowest BCUT2D eigenvalue weighted by Gasteiger charge is -2.22. The lowest BCUT2D eigenvalue weighted by atomic mass is 9.92. The van der Waals surface area contributed by atoms with E-state index in [1.54, 1.807) is 25.4 Å². The molecule has 22 heavy (non-hydrogen) atoms. The fourth-order valence-corrected chi connectivity index (χ4v) is 2.09. The summed E-state index contributed by atoms with van der Waals surface area (Å²) in [5, 5.41) is 9.34. The van der Waals surface area contributed by atoms with Gasteiger partial charge in [-0.25, -0.2) is 0 Å². The summed E-state index contributed by atoms with van der Waals surface area (Å²) in [7, 11) is 0. The highest BCUT2D eigenvalue weighted by atomic mass is 16.6. The van der Waals surface area contributed by atoms with Crippen LogP contribution in [0.1, 0.15) is 46.1 Å². The topological polar surface area (TPSA) is 76.5 Å². The highest BCUT2D eigenvalue weighted by Gasteiger charge is 2.24. The van der Waals surface area contributed by atoms with E-state index in [4.69, 9.17) is 4.74 Å². The molecule has 1 aromatic heterocycles. The zero-order valence-corrected chi connectivity index (χ0v) is 13.7. The second-order valence-corrected chi connectivity index (χ2v) is 6.61. The van der Waals surface area contributed by atoms with E-state index in [0.29, 0.717) is 19.3 Å². The van der Waals surface area contributed by atoms with Crippen molar-refractivity contribution in [2.75, 3.05) is 0 Å². The number of rotatable bonds is 7. The largest absolute Gasteiger partial charge is 0.481 e. The van der Waals surface area contributed by atoms with Crippen molar-refractivity contribution >= 4 is 11.9 Å². The maximum Gasteiger partial charge on any atom is 0.309 e. The van der Waals surface area contributed by atoms with Crippen LogP contribution >= 0.6 is 0 Å². The number of aromatic nitrogens is 1. The number of carbonyl (C=O) groups is 2. The first kappa shape index (κ1) is 18.1. The molecular formula is C17H25NO4. The highest BCUT2D eigenvalue weighted by molar-refractivity contribution is 5.73. The quantitative estimate of drug-likeness (QED) is 0.783. The first-order valence-electron chi connectivity index (χ1n) is 7.53. The van der Waals surface area contributed by atoms with Crippen molar-refractivity contribution in [2.45, 2.75) is 52.6 Å². The minimum atomic E-state index is -0.847. The van der Waals surface area contributed by atoms with Crippen LogP contribution < -0.4 is 0 Å². The first-order chi connectivity index (χ1) is 10.2. The Balaban J connectivity index is 2.54. The second-order valence-electron chi connectivity index (χ2n) is 6.61. The van der Waals surface area contributed by atoms with Gasteiger partial charge in [0.1, 0.15) is 5.60 Å². The average Bonchev–Trinajstić information content (AvgIpc) is 2.42. The average molecular weight is 307 g/mol. The van der Waals surface area contributed by atoms with Crippen LogP contribution in [0.3, 0.4) is 0 Å². The smallest absolute Gasteiger partial charge is 0.309 e. The molecule has 0 amide bonds. The summed E-state index contributed by atoms with van der Waals surface area (Å²) in [5.41, 5.74) is 0.368. The molecule has 1 rings (SSSR count). The van der Waals surface area contributed by atoms with Gasteiger partial charge in [0.15, 0.2) is 0 Å². The molecule has 0 aliphatic carbocycles. The molecule has 0 bridgehead atoms. The van der Waals surface area contributed by atoms with Gasteiger partial charge in [-0.15, -0.1) is 0 Å². The minimum Gasteiger partial charge on any atom is -0.481 e. The molecule has 0 aliphatic rings. The van der Waals surface area contributed by atoms with Crippen molar-refractivity contribution in [3.8, 4) is 0 Å². The highest BCUT2D eigenvalue weighted by Crippen LogP contribution is 2.20. The van der Waals surface area contributed by atoms with Crippen molar-refractivity contribution in [1.82, 2.24) is 4.98 Å². The molecule has 0 radical (unpaired) electrons. The Labute approximate surface area is 131 Å². The number of pyridine rings is 1. The third-order valence-corrected chi connectivity index (χ3v) is 3.31. The molecule has 0 aromatic carbocycles. The minimum absolute atomic E-state index is 0.280. The molecule has 1 heterocycles. The van der Waals surface area contributed by atoms with Crippen molar-refractivity contribution in [3.63, 3.8) is 0 Å². The maximum absolute atomic E-state index is 11.9. The van der Waals surface area contributed by atoms with Gasteiger partial charge in [0.05, 0.1) is 11.8 Å². The van der Waals surface area contributed by atoms with Crippen LogP contribution in [0.15, 0.2) is 24.5 Å². The van der Waals surface area contributed by atoms with E-state index in [2.05, 4.69) is 4.98 Å². The van der Waals surface area contributed by atoms with Gasteiger partial charge in [-0.2, -0.15) is 0 Å². The molecule has 1 aromatic rings. The molecule has 1 unspecified atom stereocenters. The molecular weight excluding hydrogens is 282 g/mol. The Hall–Kier alpha value is -1.91. The summed E-state index contributed by atoms with van der Waals surface area (Å²) in [6, 6.07) is 3.65. The molecule has 1 N–H and O–H groups in total. The number of esters is 1. The maximum atomic E-state index is 11.9. The number of hydrogen-bond acceptors (Lipinski definition) is 4. The van der Waals surface area contributed by atoms with Crippen LogP contribution in [0.4, 0.5) is 0 Å². The first-order valence-corrected chi connectivity index (χ1v) is 7.53. The number of carboxylic acid groups (broad SMARTS) is 1. The summed E-state index contributed by atoms with van der Waals surface area (Å²) in [6.07, 6.45) is 4.68. The summed E-state index contributed by atoms with van der Waals surface area (Å²) < 4.78 is 5.31. The Bertz CT molecular complexity index is 493. The SMILES string of the molecule is CC(CC[C@@H](Cc1cccnc1)C(=O)O)C(=O)OC(C)(C)C. The van der Waals surface area contributed by atoms with Gasteiger partial charge in [0.25, 0.3) is 0 Å². The van der Waals surface area contributed by atoms with E-state index in [1.807, 2.05) is 26.8 Å². The monoisotopic (exact) mass is 307 g/mol. The van der Waals surface area contributed by atoms with Crippen LogP contribution in [0.2, 0.25) is 0 Å². The van der Waals surface area contributed by atoms with Crippen LogP contribution in [0.5, 0.6) is 0 Å².